The first-order valence-electron chi connectivity index (χ1n) is 11.5. The van der Waals surface area contributed by atoms with Crippen LogP contribution in [0.3, 0.4) is 0 Å². The summed E-state index contributed by atoms with van der Waals surface area (Å²) < 4.78 is 230. The quantitative estimate of drug-likeness (QED) is 0.0604. The molecule has 0 aliphatic carbocycles. The lowest BCUT2D eigenvalue weighted by molar-refractivity contribution is -0.458. The molecule has 0 nitrogen and oxygen atoms in total. The smallest absolute Gasteiger partial charge is 0.205 e. The highest BCUT2D eigenvalue weighted by Gasteiger charge is 2.95. The molecule has 0 radical (unpaired) electrons. The van der Waals surface area contributed by atoms with Crippen molar-refractivity contribution in [1.82, 2.24) is 0 Å². The monoisotopic (exact) mass is 736 g/mol. The Hall–Kier alpha value is 0.114. The van der Waals surface area contributed by atoms with Gasteiger partial charge in [-0.25, -0.2) is 8.78 Å². The summed E-state index contributed by atoms with van der Waals surface area (Å²) in [7, 11) is -5.23. The normalized spacial score (nSPS) is 16.0. The van der Waals surface area contributed by atoms with Gasteiger partial charge in [0, 0.05) is 0 Å². The summed E-state index contributed by atoms with van der Waals surface area (Å²) in [5.41, 5.74) is -6.27. The average Bonchev–Trinajstić information content (AvgIpc) is 2.75. The topological polar surface area (TPSA) is 0 Å². The van der Waals surface area contributed by atoms with Gasteiger partial charge in [0.15, 0.2) is 0 Å². The minimum atomic E-state index is -8.60. The maximum absolute atomic E-state index is 14.6. The van der Waals surface area contributed by atoms with E-state index in [1.165, 1.54) is 0 Å². The molecule has 0 spiro atoms. The van der Waals surface area contributed by atoms with Gasteiger partial charge in [-0.05, 0) is 6.04 Å². The number of hydrogen-bond acceptors (Lipinski definition) is 0. The molecule has 0 aromatic rings. The predicted molar refractivity (Wildman–Crippen MR) is 123 cm³/mol. The van der Waals surface area contributed by atoms with E-state index in [0.717, 1.165) is 0 Å². The van der Waals surface area contributed by atoms with Crippen molar-refractivity contribution in [1.29, 1.82) is 0 Å². The van der Waals surface area contributed by atoms with Crippen LogP contribution in [0.4, 0.5) is 74.6 Å². The molecule has 0 aromatic heterocycles. The van der Waals surface area contributed by atoms with Gasteiger partial charge in [0.25, 0.3) is 5.55 Å². The molecule has 0 saturated heterocycles. The van der Waals surface area contributed by atoms with Crippen LogP contribution in [0.2, 0.25) is 25.2 Å². The highest BCUT2D eigenvalue weighted by atomic mass is 35.8. The van der Waals surface area contributed by atoms with Gasteiger partial charge in [0.1, 0.15) is 8.07 Å². The maximum atomic E-state index is 14.6. The number of rotatable bonds is 17. The van der Waals surface area contributed by atoms with Crippen molar-refractivity contribution >= 4 is 47.3 Å². The van der Waals surface area contributed by atoms with Gasteiger partial charge in [-0.3, -0.25) is 0 Å². The molecule has 0 fully saturated rings. The molecule has 0 amide bonds. The van der Waals surface area contributed by atoms with E-state index in [1.807, 2.05) is 0 Å². The molecule has 248 valence electrons. The second kappa shape index (κ2) is 12.8. The molecule has 0 saturated carbocycles. The van der Waals surface area contributed by atoms with Crippen molar-refractivity contribution in [3.05, 3.63) is 0 Å². The number of alkyl halides is 17. The van der Waals surface area contributed by atoms with Crippen molar-refractivity contribution in [3.63, 3.8) is 0 Å². The average molecular weight is 738 g/mol. The molecule has 0 aliphatic heterocycles. The molecule has 41 heavy (non-hydrogen) atoms. The van der Waals surface area contributed by atoms with Crippen LogP contribution in [0.15, 0.2) is 0 Å². The lowest BCUT2D eigenvalue weighted by Crippen LogP contribution is -2.76. The fourth-order valence-electron chi connectivity index (χ4n) is 3.52. The van der Waals surface area contributed by atoms with Gasteiger partial charge >= 0.3 is 47.7 Å². The Morgan fingerprint density at radius 3 is 0.976 bits per heavy atom. The van der Waals surface area contributed by atoms with E-state index >= 15 is 0 Å². The fraction of sp³-hybridized carbons (Fsp3) is 1.00. The zero-order valence-electron chi connectivity index (χ0n) is 20.9. The molecule has 0 aliphatic rings. The summed E-state index contributed by atoms with van der Waals surface area (Å²) in [5.74, 6) is -49.6. The largest absolute Gasteiger partial charge is 0.460 e. The molecule has 0 rings (SSSR count). The molecule has 0 aromatic carbocycles. The van der Waals surface area contributed by atoms with E-state index in [2.05, 4.69) is 0 Å². The minimum absolute atomic E-state index is 0.0284. The highest BCUT2D eigenvalue weighted by Crippen LogP contribution is 2.64. The van der Waals surface area contributed by atoms with Crippen LogP contribution >= 0.6 is 33.2 Å². The van der Waals surface area contributed by atoms with Gasteiger partial charge in [0.2, 0.25) is 0 Å². The predicted octanol–water partition coefficient (Wildman–Crippen LogP) is 11.6. The zero-order chi connectivity index (χ0) is 33.4. The van der Waals surface area contributed by atoms with Crippen molar-refractivity contribution < 1.29 is 74.6 Å². The van der Waals surface area contributed by atoms with Gasteiger partial charge in [-0.2, -0.15) is 65.9 Å². The van der Waals surface area contributed by atoms with Crippen LogP contribution in [0, 0.1) is 0 Å². The van der Waals surface area contributed by atoms with Crippen LogP contribution in [-0.2, 0) is 0 Å². The van der Waals surface area contributed by atoms with E-state index in [9.17, 15) is 74.6 Å². The third kappa shape index (κ3) is 7.86. The summed E-state index contributed by atoms with van der Waals surface area (Å²) in [6, 6.07) is -3.47. The standard InChI is InChI=1S/C19H24Cl3F17Si2/c1-40(2,10-8-6-4-3-5-7-9-11-41(20,21)22)19(38,39)17(33,34)15(29,30)13(25,26)12(23,24)14(27,28)16(31,32)18(35,36)37/h3-11H2,1-2H3. The number of hydrogen-bond donors (Lipinski definition) is 0. The van der Waals surface area contributed by atoms with Gasteiger partial charge < -0.3 is 0 Å². The van der Waals surface area contributed by atoms with E-state index in [4.69, 9.17) is 33.2 Å². The Morgan fingerprint density at radius 1 is 0.390 bits per heavy atom. The Bertz CT molecular complexity index is 855. The van der Waals surface area contributed by atoms with E-state index in [0.29, 0.717) is 38.1 Å². The lowest BCUT2D eigenvalue weighted by atomic mass is 9.91. The molecular weight excluding hydrogens is 714 g/mol. The highest BCUT2D eigenvalue weighted by molar-refractivity contribution is 7.64. The van der Waals surface area contributed by atoms with Crippen molar-refractivity contribution in [3.8, 4) is 0 Å². The Labute approximate surface area is 239 Å². The first-order chi connectivity index (χ1) is 17.7. The van der Waals surface area contributed by atoms with Crippen LogP contribution in [0.25, 0.3) is 0 Å². The van der Waals surface area contributed by atoms with Crippen molar-refractivity contribution in [2.75, 3.05) is 0 Å². The van der Waals surface area contributed by atoms with Crippen LogP contribution in [0.1, 0.15) is 44.9 Å². The molecule has 0 bridgehead atoms. The maximum Gasteiger partial charge on any atom is 0.460 e. The Morgan fingerprint density at radius 2 is 0.659 bits per heavy atom. The first-order valence-corrected chi connectivity index (χ1v) is 19.9. The molecular formula is C19H24Cl3F17Si2. The third-order valence-corrected chi connectivity index (χ3v) is 12.6. The lowest BCUT2D eigenvalue weighted by Gasteiger charge is -2.45. The molecule has 0 N–H and O–H groups in total. The molecule has 22 heteroatoms. The van der Waals surface area contributed by atoms with Gasteiger partial charge in [-0.15, -0.1) is 33.2 Å². The summed E-state index contributed by atoms with van der Waals surface area (Å²) in [4.78, 5) is 0. The van der Waals surface area contributed by atoms with Crippen molar-refractivity contribution in [2.24, 2.45) is 0 Å². The molecule has 0 heterocycles. The number of halogens is 20. The second-order valence-electron chi connectivity index (χ2n) is 9.99. The van der Waals surface area contributed by atoms with E-state index in [-0.39, 0.29) is 25.9 Å². The first kappa shape index (κ1) is 41.1. The van der Waals surface area contributed by atoms with Crippen LogP contribution < -0.4 is 0 Å². The summed E-state index contributed by atoms with van der Waals surface area (Å²) >= 11 is 17.1. The number of unbranched alkanes of at least 4 members (excludes halogenated alkanes) is 6. The van der Waals surface area contributed by atoms with Crippen molar-refractivity contribution in [2.45, 2.75) is 117 Å². The van der Waals surface area contributed by atoms with Crippen LogP contribution in [-0.4, -0.2) is 61.3 Å². The molecule has 0 unspecified atom stereocenters. The second-order valence-corrected chi connectivity index (χ2v) is 24.2. The zero-order valence-corrected chi connectivity index (χ0v) is 25.2. The van der Waals surface area contributed by atoms with Crippen LogP contribution in [0.5, 0.6) is 0 Å². The SMILES string of the molecule is C[Si](C)(CCCCCCCCC[Si](Cl)(Cl)Cl)C(F)(F)C(F)(F)C(F)(F)C(F)(F)C(F)(F)C(F)(F)C(F)(F)C(F)(F)F. The Balaban J connectivity index is 5.80. The van der Waals surface area contributed by atoms with E-state index < -0.39 is 67.4 Å². The summed E-state index contributed by atoms with van der Waals surface area (Å²) in [5, 5.41) is 0. The fourth-order valence-corrected chi connectivity index (χ4v) is 7.83. The minimum Gasteiger partial charge on any atom is -0.205 e. The summed E-state index contributed by atoms with van der Waals surface area (Å²) in [6.07, 6.45) is -5.63. The summed E-state index contributed by atoms with van der Waals surface area (Å²) in [6.45, 7) is 0.528. The van der Waals surface area contributed by atoms with Gasteiger partial charge in [0.05, 0.1) is 0 Å². The Kier molecular flexibility index (Phi) is 12.9. The third-order valence-electron chi connectivity index (χ3n) is 6.33. The molecule has 0 atom stereocenters. The van der Waals surface area contributed by atoms with E-state index in [1.54, 1.807) is 0 Å². The van der Waals surface area contributed by atoms with Gasteiger partial charge in [-0.1, -0.05) is 64.1 Å².